The predicted octanol–water partition coefficient (Wildman–Crippen LogP) is 4.96. The van der Waals surface area contributed by atoms with Gasteiger partial charge in [-0.1, -0.05) is 54.1 Å². The number of methoxy groups -OCH3 is 1. The van der Waals surface area contributed by atoms with Crippen LogP contribution in [0.15, 0.2) is 100 Å². The number of rotatable bonds is 6. The standard InChI is InChI=1S/C30H20ClN3O4S/c1-37-26-14-8-7-13-24(26)33-28(35)22(18-32)30-34(19-9-3-2-4-10-19)29(36)27(39-30)17-20-15-16-25(38-20)21-11-5-6-12-23(21)31/h2-17H,1H3,(H,33,35)/b27-17+,30-22-. The Labute approximate surface area is 232 Å². The number of thiazole rings is 1. The number of anilines is 1. The maximum Gasteiger partial charge on any atom is 0.273 e. The summed E-state index contributed by atoms with van der Waals surface area (Å²) in [7, 11) is 1.49. The number of hydrogen-bond acceptors (Lipinski definition) is 6. The lowest BCUT2D eigenvalue weighted by Gasteiger charge is -2.09. The van der Waals surface area contributed by atoms with Gasteiger partial charge in [-0.2, -0.15) is 5.26 Å². The SMILES string of the molecule is COc1ccccc1NC(=O)/C(C#N)=c1\s/c(=C/c2ccc(-c3ccccc3Cl)o2)c(=O)n1-c1ccccc1. The van der Waals surface area contributed by atoms with E-state index >= 15 is 0 Å². The first-order valence-electron chi connectivity index (χ1n) is 11.7. The summed E-state index contributed by atoms with van der Waals surface area (Å²) in [6, 6.07) is 28.5. The van der Waals surface area contributed by atoms with Crippen LogP contribution in [0.1, 0.15) is 5.76 Å². The largest absolute Gasteiger partial charge is 0.495 e. The second kappa shape index (κ2) is 11.3. The van der Waals surface area contributed by atoms with Crippen molar-refractivity contribution in [1.82, 2.24) is 4.57 Å². The van der Waals surface area contributed by atoms with Gasteiger partial charge >= 0.3 is 0 Å². The molecule has 0 saturated heterocycles. The number of aromatic nitrogens is 1. The quantitative estimate of drug-likeness (QED) is 0.320. The third-order valence-corrected chi connectivity index (χ3v) is 7.21. The molecule has 7 nitrogen and oxygen atoms in total. The summed E-state index contributed by atoms with van der Waals surface area (Å²) in [4.78, 5) is 26.9. The number of nitrogens with zero attached hydrogens (tertiary/aromatic N) is 2. The number of para-hydroxylation sites is 3. The van der Waals surface area contributed by atoms with Crippen LogP contribution in [0.4, 0.5) is 5.69 Å². The number of nitriles is 1. The second-order valence-corrected chi connectivity index (χ2v) is 9.65. The fraction of sp³-hybridized carbons (Fsp3) is 0.0333. The smallest absolute Gasteiger partial charge is 0.273 e. The van der Waals surface area contributed by atoms with Gasteiger partial charge in [-0.15, -0.1) is 11.3 Å². The zero-order valence-corrected chi connectivity index (χ0v) is 22.1. The summed E-state index contributed by atoms with van der Waals surface area (Å²) in [6.07, 6.45) is 1.59. The van der Waals surface area contributed by atoms with Crippen LogP contribution in [-0.2, 0) is 4.79 Å². The van der Waals surface area contributed by atoms with E-state index in [9.17, 15) is 14.9 Å². The Morgan fingerprint density at radius 3 is 2.49 bits per heavy atom. The Bertz CT molecular complexity index is 1900. The number of halogens is 1. The molecule has 2 aromatic heterocycles. The molecule has 1 N–H and O–H groups in total. The van der Waals surface area contributed by atoms with Crippen molar-refractivity contribution < 1.29 is 13.9 Å². The van der Waals surface area contributed by atoms with Crippen molar-refractivity contribution in [2.75, 3.05) is 12.4 Å². The number of ether oxygens (including phenoxy) is 1. The molecule has 2 heterocycles. The van der Waals surface area contributed by atoms with E-state index in [1.54, 1.807) is 72.8 Å². The topological polar surface area (TPSA) is 97.3 Å². The van der Waals surface area contributed by atoms with Crippen molar-refractivity contribution in [2.24, 2.45) is 0 Å². The van der Waals surface area contributed by atoms with Gasteiger partial charge in [-0.25, -0.2) is 0 Å². The molecule has 5 aromatic rings. The first kappa shape index (κ1) is 25.8. The molecule has 192 valence electrons. The second-order valence-electron chi connectivity index (χ2n) is 8.21. The maximum absolute atomic E-state index is 13.6. The lowest BCUT2D eigenvalue weighted by molar-refractivity contribution is -0.111. The van der Waals surface area contributed by atoms with Gasteiger partial charge in [0.05, 0.1) is 28.0 Å². The molecular formula is C30H20ClN3O4S. The van der Waals surface area contributed by atoms with Crippen molar-refractivity contribution in [2.45, 2.75) is 0 Å². The normalized spacial score (nSPS) is 12.1. The third-order valence-electron chi connectivity index (χ3n) is 5.79. The number of nitrogens with one attached hydrogen (secondary N) is 1. The van der Waals surface area contributed by atoms with E-state index in [4.69, 9.17) is 20.8 Å². The van der Waals surface area contributed by atoms with E-state index in [1.807, 2.05) is 30.3 Å². The minimum absolute atomic E-state index is 0.185. The number of carbonyl (C=O) groups excluding carboxylic acids is 1. The van der Waals surface area contributed by atoms with Gasteiger partial charge in [0.1, 0.15) is 28.0 Å². The van der Waals surface area contributed by atoms with Crippen molar-refractivity contribution in [3.63, 3.8) is 0 Å². The van der Waals surface area contributed by atoms with Gasteiger partial charge in [-0.05, 0) is 48.5 Å². The molecule has 0 spiro atoms. The monoisotopic (exact) mass is 553 g/mol. The zero-order chi connectivity index (χ0) is 27.4. The van der Waals surface area contributed by atoms with Crippen LogP contribution in [-0.4, -0.2) is 17.6 Å². The number of hydrogen-bond donors (Lipinski definition) is 1. The summed E-state index contributed by atoms with van der Waals surface area (Å²) in [5.41, 5.74) is 1.03. The molecule has 3 aromatic carbocycles. The Morgan fingerprint density at radius 1 is 1.03 bits per heavy atom. The minimum atomic E-state index is -0.668. The highest BCUT2D eigenvalue weighted by atomic mass is 35.5. The Hall–Kier alpha value is -4.84. The lowest BCUT2D eigenvalue weighted by Crippen LogP contribution is -2.32. The lowest BCUT2D eigenvalue weighted by atomic mass is 10.2. The number of furan rings is 1. The molecular weight excluding hydrogens is 534 g/mol. The van der Waals surface area contributed by atoms with Crippen LogP contribution in [0.5, 0.6) is 5.75 Å². The van der Waals surface area contributed by atoms with Gasteiger partial charge in [0.2, 0.25) is 0 Å². The highest BCUT2D eigenvalue weighted by Crippen LogP contribution is 2.29. The van der Waals surface area contributed by atoms with Crippen molar-refractivity contribution in [1.29, 1.82) is 5.26 Å². The fourth-order valence-electron chi connectivity index (χ4n) is 3.96. The molecule has 0 atom stereocenters. The predicted molar refractivity (Wildman–Crippen MR) is 153 cm³/mol. The molecule has 9 heteroatoms. The maximum atomic E-state index is 13.6. The fourth-order valence-corrected chi connectivity index (χ4v) is 5.27. The summed E-state index contributed by atoms with van der Waals surface area (Å²) < 4.78 is 13.1. The van der Waals surface area contributed by atoms with E-state index < -0.39 is 11.5 Å². The average Bonchev–Trinajstić information content (AvgIpc) is 3.54. The molecule has 0 saturated carbocycles. The summed E-state index contributed by atoms with van der Waals surface area (Å²) in [6.45, 7) is 0. The van der Waals surface area contributed by atoms with Crippen LogP contribution < -0.4 is 24.8 Å². The Kier molecular flexibility index (Phi) is 7.46. The van der Waals surface area contributed by atoms with Crippen molar-refractivity contribution in [3.8, 4) is 28.8 Å². The molecule has 5 rings (SSSR count). The summed E-state index contributed by atoms with van der Waals surface area (Å²) in [5.74, 6) is 0.744. The van der Waals surface area contributed by atoms with Crippen LogP contribution in [0.25, 0.3) is 28.7 Å². The first-order chi connectivity index (χ1) is 19.0. The molecule has 0 aliphatic rings. The van der Waals surface area contributed by atoms with Crippen molar-refractivity contribution in [3.05, 3.63) is 121 Å². The molecule has 0 radical (unpaired) electrons. The van der Waals surface area contributed by atoms with E-state index in [2.05, 4.69) is 5.32 Å². The highest BCUT2D eigenvalue weighted by molar-refractivity contribution is 7.07. The third kappa shape index (κ3) is 5.27. The Morgan fingerprint density at radius 2 is 1.74 bits per heavy atom. The minimum Gasteiger partial charge on any atom is -0.495 e. The number of amides is 1. The zero-order valence-electron chi connectivity index (χ0n) is 20.6. The van der Waals surface area contributed by atoms with Gasteiger partial charge in [-0.3, -0.25) is 14.2 Å². The van der Waals surface area contributed by atoms with Crippen molar-refractivity contribution >= 4 is 46.2 Å². The van der Waals surface area contributed by atoms with Gasteiger partial charge in [0, 0.05) is 11.6 Å². The van der Waals surface area contributed by atoms with Crippen LogP contribution in [0, 0.1) is 11.3 Å². The van der Waals surface area contributed by atoms with E-state index in [-0.39, 0.29) is 14.8 Å². The molecule has 39 heavy (non-hydrogen) atoms. The van der Waals surface area contributed by atoms with Crippen LogP contribution in [0.2, 0.25) is 5.02 Å². The molecule has 0 unspecified atom stereocenters. The molecule has 0 aliphatic carbocycles. The van der Waals surface area contributed by atoms with Crippen LogP contribution >= 0.6 is 22.9 Å². The van der Waals surface area contributed by atoms with Crippen LogP contribution in [0.3, 0.4) is 0 Å². The first-order valence-corrected chi connectivity index (χ1v) is 12.9. The molecule has 1 amide bonds. The number of carbonyl (C=O) groups is 1. The van der Waals surface area contributed by atoms with Gasteiger partial charge < -0.3 is 14.5 Å². The van der Waals surface area contributed by atoms with Gasteiger partial charge in [0.15, 0.2) is 5.57 Å². The Balaban J connectivity index is 1.67. The average molecular weight is 554 g/mol. The number of benzene rings is 3. The van der Waals surface area contributed by atoms with E-state index in [0.717, 1.165) is 16.9 Å². The highest BCUT2D eigenvalue weighted by Gasteiger charge is 2.18. The summed E-state index contributed by atoms with van der Waals surface area (Å²) >= 11 is 7.33. The molecule has 0 bridgehead atoms. The summed E-state index contributed by atoms with van der Waals surface area (Å²) in [5, 5.41) is 13.3. The molecule has 0 aliphatic heterocycles. The van der Waals surface area contributed by atoms with E-state index in [0.29, 0.717) is 33.7 Å². The van der Waals surface area contributed by atoms with Gasteiger partial charge in [0.25, 0.3) is 11.5 Å². The molecule has 0 fully saturated rings. The van der Waals surface area contributed by atoms with E-state index in [1.165, 1.54) is 11.7 Å².